The number of nitrogens with one attached hydrogen (secondary N) is 1. The van der Waals surface area contributed by atoms with Gasteiger partial charge in [-0.05, 0) is 42.5 Å². The van der Waals surface area contributed by atoms with E-state index in [0.717, 1.165) is 44.2 Å². The van der Waals surface area contributed by atoms with Crippen molar-refractivity contribution in [3.63, 3.8) is 0 Å². The highest BCUT2D eigenvalue weighted by molar-refractivity contribution is 8.00. The molecule has 5 heteroatoms. The van der Waals surface area contributed by atoms with Crippen LogP contribution in [-0.4, -0.2) is 4.57 Å². The van der Waals surface area contributed by atoms with Gasteiger partial charge in [0.05, 0.1) is 22.1 Å². The van der Waals surface area contributed by atoms with E-state index in [1.165, 1.54) is 32.1 Å². The maximum absolute atomic E-state index is 6.28. The minimum absolute atomic E-state index is 0.0130. The van der Waals surface area contributed by atoms with Crippen LogP contribution in [0.5, 0.6) is 0 Å². The van der Waals surface area contributed by atoms with Crippen LogP contribution in [0.25, 0.3) is 65.7 Å². The highest BCUT2D eigenvalue weighted by Gasteiger charge is 2.30. The first-order valence-corrected chi connectivity index (χ1v) is 12.9. The van der Waals surface area contributed by atoms with Crippen molar-refractivity contribution in [2.45, 2.75) is 10.4 Å². The van der Waals surface area contributed by atoms with Crippen LogP contribution in [0.1, 0.15) is 5.50 Å². The molecule has 36 heavy (non-hydrogen) atoms. The highest BCUT2D eigenvalue weighted by atomic mass is 32.2. The van der Waals surface area contributed by atoms with Gasteiger partial charge in [-0.2, -0.15) is 0 Å². The van der Waals surface area contributed by atoms with Crippen LogP contribution in [-0.2, 0) is 0 Å². The highest BCUT2D eigenvalue weighted by Crippen LogP contribution is 2.52. The molecule has 170 valence electrons. The fraction of sp³-hybridized carbons (Fsp3) is 0.0323. The molecule has 0 radical (unpaired) electrons. The molecular weight excluding hydrogens is 464 g/mol. The monoisotopic (exact) mass is 482 g/mol. The molecule has 3 aromatic heterocycles. The van der Waals surface area contributed by atoms with Gasteiger partial charge in [-0.15, -0.1) is 0 Å². The molecule has 9 rings (SSSR count). The Balaban J connectivity index is 1.37. The Morgan fingerprint density at radius 3 is 2.03 bits per heavy atom. The van der Waals surface area contributed by atoms with Gasteiger partial charge in [0.2, 0.25) is 0 Å². The smallest absolute Gasteiger partial charge is 0.157 e. The van der Waals surface area contributed by atoms with Crippen LogP contribution in [0.4, 0.5) is 5.69 Å². The Bertz CT molecular complexity index is 2180. The maximum atomic E-state index is 6.28. The average Bonchev–Trinajstić information content (AvgIpc) is 3.66. The fourth-order valence-corrected chi connectivity index (χ4v) is 7.27. The van der Waals surface area contributed by atoms with Crippen molar-refractivity contribution in [3.8, 4) is 0 Å². The van der Waals surface area contributed by atoms with E-state index in [-0.39, 0.29) is 5.50 Å². The lowest BCUT2D eigenvalue weighted by Crippen LogP contribution is -2.10. The zero-order valence-electron chi connectivity index (χ0n) is 19.0. The minimum atomic E-state index is -0.0130. The molecule has 0 saturated carbocycles. The van der Waals surface area contributed by atoms with Gasteiger partial charge in [0, 0.05) is 31.8 Å². The maximum Gasteiger partial charge on any atom is 0.157 e. The largest absolute Gasteiger partial charge is 0.456 e. The van der Waals surface area contributed by atoms with Crippen LogP contribution in [0.2, 0.25) is 0 Å². The molecular formula is C31H18N2O2S. The van der Waals surface area contributed by atoms with Gasteiger partial charge in [-0.1, -0.05) is 66.4 Å². The number of fused-ring (bicyclic) bond motifs is 12. The van der Waals surface area contributed by atoms with Gasteiger partial charge < -0.3 is 18.7 Å². The van der Waals surface area contributed by atoms with E-state index < -0.39 is 0 Å². The zero-order valence-corrected chi connectivity index (χ0v) is 19.8. The summed E-state index contributed by atoms with van der Waals surface area (Å²) in [4.78, 5) is 1.23. The molecule has 0 saturated heterocycles. The van der Waals surface area contributed by atoms with Gasteiger partial charge in [-0.25, -0.2) is 0 Å². The Morgan fingerprint density at radius 1 is 0.583 bits per heavy atom. The molecule has 1 atom stereocenters. The molecule has 1 N–H and O–H groups in total. The number of nitrogens with zero attached hydrogens (tertiary/aromatic N) is 1. The number of aromatic nitrogens is 1. The zero-order chi connectivity index (χ0) is 23.4. The Kier molecular flexibility index (Phi) is 3.49. The van der Waals surface area contributed by atoms with Gasteiger partial charge in [0.1, 0.15) is 22.3 Å². The summed E-state index contributed by atoms with van der Waals surface area (Å²) in [7, 11) is 0. The van der Waals surface area contributed by atoms with Gasteiger partial charge in [0.15, 0.2) is 5.50 Å². The molecule has 0 aliphatic carbocycles. The first kappa shape index (κ1) is 18.9. The summed E-state index contributed by atoms with van der Waals surface area (Å²) in [6.45, 7) is 0. The molecule has 1 aliphatic heterocycles. The quantitative estimate of drug-likeness (QED) is 0.253. The molecule has 8 aromatic rings. The van der Waals surface area contributed by atoms with E-state index in [1.807, 2.05) is 36.0 Å². The van der Waals surface area contributed by atoms with Crippen LogP contribution in [0.3, 0.4) is 0 Å². The first-order chi connectivity index (χ1) is 17.8. The first-order valence-electron chi connectivity index (χ1n) is 12.1. The molecule has 4 nitrogen and oxygen atoms in total. The fourth-order valence-electron chi connectivity index (χ4n) is 5.95. The molecule has 4 heterocycles. The lowest BCUT2D eigenvalue weighted by Gasteiger charge is -2.16. The summed E-state index contributed by atoms with van der Waals surface area (Å²) in [6, 6.07) is 33.8. The summed E-state index contributed by atoms with van der Waals surface area (Å²) in [5.41, 5.74) is 7.21. The van der Waals surface area contributed by atoms with Crippen LogP contribution < -0.4 is 5.32 Å². The normalized spacial score (nSPS) is 15.6. The molecule has 0 bridgehead atoms. The van der Waals surface area contributed by atoms with E-state index in [0.29, 0.717) is 0 Å². The van der Waals surface area contributed by atoms with Crippen molar-refractivity contribution < 1.29 is 8.83 Å². The second kappa shape index (κ2) is 6.65. The average molecular weight is 483 g/mol. The number of anilines is 1. The summed E-state index contributed by atoms with van der Waals surface area (Å²) in [5, 5.41) is 11.0. The summed E-state index contributed by atoms with van der Waals surface area (Å²) < 4.78 is 14.9. The van der Waals surface area contributed by atoms with Gasteiger partial charge in [-0.3, -0.25) is 0 Å². The van der Waals surface area contributed by atoms with Crippen molar-refractivity contribution in [1.82, 2.24) is 4.57 Å². The van der Waals surface area contributed by atoms with Crippen molar-refractivity contribution in [2.24, 2.45) is 0 Å². The second-order valence-electron chi connectivity index (χ2n) is 9.35. The number of thioether (sulfide) groups is 1. The van der Waals surface area contributed by atoms with E-state index in [2.05, 4.69) is 82.7 Å². The third-order valence-corrected chi connectivity index (χ3v) is 8.66. The molecule has 0 fully saturated rings. The van der Waals surface area contributed by atoms with Gasteiger partial charge >= 0.3 is 0 Å². The van der Waals surface area contributed by atoms with Crippen LogP contribution >= 0.6 is 11.8 Å². The minimum Gasteiger partial charge on any atom is -0.456 e. The summed E-state index contributed by atoms with van der Waals surface area (Å²) in [6.07, 6.45) is 0. The number of hydrogen-bond donors (Lipinski definition) is 1. The van der Waals surface area contributed by atoms with Crippen LogP contribution in [0, 0.1) is 0 Å². The van der Waals surface area contributed by atoms with Crippen molar-refractivity contribution >= 4 is 83.1 Å². The molecule has 0 amide bonds. The summed E-state index contributed by atoms with van der Waals surface area (Å²) >= 11 is 1.85. The second-order valence-corrected chi connectivity index (χ2v) is 10.4. The van der Waals surface area contributed by atoms with Crippen molar-refractivity contribution in [1.29, 1.82) is 0 Å². The third-order valence-electron chi connectivity index (χ3n) is 7.45. The van der Waals surface area contributed by atoms with E-state index in [4.69, 9.17) is 8.83 Å². The summed E-state index contributed by atoms with van der Waals surface area (Å²) in [5.74, 6) is 0. The predicted octanol–water partition coefficient (Wildman–Crippen LogP) is 9.27. The van der Waals surface area contributed by atoms with Gasteiger partial charge in [0.25, 0.3) is 0 Å². The lowest BCUT2D eigenvalue weighted by molar-refractivity contribution is 0.668. The number of furan rings is 2. The van der Waals surface area contributed by atoms with Crippen molar-refractivity contribution in [3.05, 3.63) is 97.1 Å². The third kappa shape index (κ3) is 2.31. The number of benzene rings is 5. The SMILES string of the molecule is c1ccc2c(c1)oc1ccc3c(c12)SC(n1c2ccccc2c2ccc4oc5ccccc5c4c21)N3. The van der Waals surface area contributed by atoms with Crippen molar-refractivity contribution in [2.75, 3.05) is 5.32 Å². The molecule has 5 aromatic carbocycles. The molecule has 1 aliphatic rings. The Morgan fingerprint density at radius 2 is 1.22 bits per heavy atom. The molecule has 1 unspecified atom stereocenters. The number of hydrogen-bond acceptors (Lipinski definition) is 4. The van der Waals surface area contributed by atoms with Crippen LogP contribution in [0.15, 0.2) is 111 Å². The van der Waals surface area contributed by atoms with E-state index in [1.54, 1.807) is 0 Å². The molecule has 0 spiro atoms. The lowest BCUT2D eigenvalue weighted by atomic mass is 10.1. The van der Waals surface area contributed by atoms with E-state index in [9.17, 15) is 0 Å². The number of rotatable bonds is 1. The number of para-hydroxylation sites is 3. The standard InChI is InChI=1S/C31H18N2O2S/c1-4-10-22-17(7-1)18-13-15-25-27(19-8-2-5-11-23(19)34-25)29(18)33(22)31-32-21-14-16-26-28(30(21)36-31)20-9-3-6-12-24(20)35-26/h1-16,31-32H. The Labute approximate surface area is 209 Å². The predicted molar refractivity (Wildman–Crippen MR) is 149 cm³/mol. The van der Waals surface area contributed by atoms with E-state index >= 15 is 0 Å². The Hall–Kier alpha value is -4.35. The topological polar surface area (TPSA) is 43.2 Å².